The summed E-state index contributed by atoms with van der Waals surface area (Å²) in [6.45, 7) is 6.82. The first kappa shape index (κ1) is 14.1. The molecule has 2 N–H and O–H groups in total. The molecule has 96 valence electrons. The van der Waals surface area contributed by atoms with Gasteiger partial charge in [-0.3, -0.25) is 0 Å². The Kier molecular flexibility index (Phi) is 4.28. The molecule has 0 heterocycles. The first-order valence-electron chi connectivity index (χ1n) is 5.61. The van der Waals surface area contributed by atoms with Crippen molar-refractivity contribution in [2.24, 2.45) is 5.73 Å². The van der Waals surface area contributed by atoms with Gasteiger partial charge in [-0.2, -0.15) is 0 Å². The fourth-order valence-corrected chi connectivity index (χ4v) is 1.86. The average molecular weight is 257 g/mol. The van der Waals surface area contributed by atoms with Gasteiger partial charge in [-0.15, -0.1) is 0 Å². The summed E-state index contributed by atoms with van der Waals surface area (Å²) < 4.78 is 5.20. The maximum atomic E-state index is 6.16. The van der Waals surface area contributed by atoms with Crippen molar-refractivity contribution in [1.82, 2.24) is 0 Å². The van der Waals surface area contributed by atoms with E-state index < -0.39 is 0 Å². The molecule has 0 aromatic heterocycles. The summed E-state index contributed by atoms with van der Waals surface area (Å²) in [6, 6.07) is 3.87. The van der Waals surface area contributed by atoms with E-state index in [9.17, 15) is 0 Å². The van der Waals surface area contributed by atoms with Crippen LogP contribution >= 0.6 is 11.6 Å². The maximum absolute atomic E-state index is 6.16. The zero-order valence-electron chi connectivity index (χ0n) is 11.2. The lowest BCUT2D eigenvalue weighted by Gasteiger charge is -2.37. The SMILES string of the molecule is COc1cc(C)c(N(C)C(C)(C)CN)cc1Cl. The number of likely N-dealkylation sites (N-methyl/N-ethyl adjacent to an activating group) is 1. The van der Waals surface area contributed by atoms with Crippen LogP contribution in [0.15, 0.2) is 12.1 Å². The van der Waals surface area contributed by atoms with E-state index in [1.165, 1.54) is 0 Å². The summed E-state index contributed by atoms with van der Waals surface area (Å²) in [5.41, 5.74) is 7.88. The lowest BCUT2D eigenvalue weighted by atomic mass is 10.0. The number of anilines is 1. The van der Waals surface area contributed by atoms with Crippen LogP contribution in [-0.4, -0.2) is 26.2 Å². The van der Waals surface area contributed by atoms with Crippen LogP contribution in [0.2, 0.25) is 5.02 Å². The zero-order valence-corrected chi connectivity index (χ0v) is 11.9. The van der Waals surface area contributed by atoms with Crippen LogP contribution in [-0.2, 0) is 0 Å². The second kappa shape index (κ2) is 5.15. The van der Waals surface area contributed by atoms with E-state index >= 15 is 0 Å². The highest BCUT2D eigenvalue weighted by molar-refractivity contribution is 6.32. The number of aryl methyl sites for hydroxylation is 1. The van der Waals surface area contributed by atoms with Gasteiger partial charge in [0.1, 0.15) is 5.75 Å². The van der Waals surface area contributed by atoms with Gasteiger partial charge >= 0.3 is 0 Å². The molecule has 0 saturated heterocycles. The Balaban J connectivity index is 3.19. The minimum absolute atomic E-state index is 0.108. The first-order valence-corrected chi connectivity index (χ1v) is 5.99. The number of halogens is 1. The van der Waals surface area contributed by atoms with E-state index in [0.29, 0.717) is 17.3 Å². The topological polar surface area (TPSA) is 38.5 Å². The molecule has 17 heavy (non-hydrogen) atoms. The normalized spacial score (nSPS) is 11.5. The Morgan fingerprint density at radius 1 is 1.41 bits per heavy atom. The third-order valence-corrected chi connectivity index (χ3v) is 3.53. The third kappa shape index (κ3) is 2.85. The molecule has 1 aromatic carbocycles. The van der Waals surface area contributed by atoms with Crippen molar-refractivity contribution in [1.29, 1.82) is 0 Å². The second-order valence-electron chi connectivity index (χ2n) is 4.85. The van der Waals surface area contributed by atoms with Crippen molar-refractivity contribution in [3.05, 3.63) is 22.7 Å². The molecule has 0 aliphatic carbocycles. The molecule has 0 fully saturated rings. The molecule has 0 radical (unpaired) electrons. The molecule has 4 heteroatoms. The standard InChI is InChI=1S/C13H21ClN2O/c1-9-6-12(17-5)10(14)7-11(9)16(4)13(2,3)8-15/h6-7H,8,15H2,1-5H3. The van der Waals surface area contributed by atoms with E-state index in [1.807, 2.05) is 26.1 Å². The summed E-state index contributed by atoms with van der Waals surface area (Å²) in [4.78, 5) is 2.15. The summed E-state index contributed by atoms with van der Waals surface area (Å²) >= 11 is 6.16. The second-order valence-corrected chi connectivity index (χ2v) is 5.26. The number of ether oxygens (including phenoxy) is 1. The molecule has 0 aliphatic rings. The zero-order chi connectivity index (χ0) is 13.2. The smallest absolute Gasteiger partial charge is 0.137 e. The lowest BCUT2D eigenvalue weighted by molar-refractivity contribution is 0.414. The number of rotatable bonds is 4. The maximum Gasteiger partial charge on any atom is 0.137 e. The largest absolute Gasteiger partial charge is 0.495 e. The molecule has 0 unspecified atom stereocenters. The molecule has 0 aliphatic heterocycles. The molecule has 0 saturated carbocycles. The van der Waals surface area contributed by atoms with Gasteiger partial charge in [-0.1, -0.05) is 11.6 Å². The Morgan fingerprint density at radius 2 is 2.00 bits per heavy atom. The summed E-state index contributed by atoms with van der Waals surface area (Å²) in [5.74, 6) is 0.701. The number of methoxy groups -OCH3 is 1. The van der Waals surface area contributed by atoms with E-state index in [0.717, 1.165) is 11.3 Å². The molecule has 3 nitrogen and oxygen atoms in total. The minimum atomic E-state index is -0.108. The first-order chi connectivity index (χ1) is 7.83. The Hall–Kier alpha value is -0.930. The fraction of sp³-hybridized carbons (Fsp3) is 0.538. The van der Waals surface area contributed by atoms with Crippen molar-refractivity contribution in [3.8, 4) is 5.75 Å². The minimum Gasteiger partial charge on any atom is -0.495 e. The van der Waals surface area contributed by atoms with Crippen molar-refractivity contribution in [2.75, 3.05) is 25.6 Å². The molecular formula is C13H21ClN2O. The summed E-state index contributed by atoms with van der Waals surface area (Å²) in [7, 11) is 3.64. The van der Waals surface area contributed by atoms with Gasteiger partial charge in [0, 0.05) is 24.8 Å². The van der Waals surface area contributed by atoms with Gasteiger partial charge in [0.05, 0.1) is 12.1 Å². The molecule has 0 amide bonds. The van der Waals surface area contributed by atoms with Crippen LogP contribution in [0.4, 0.5) is 5.69 Å². The number of benzene rings is 1. The monoisotopic (exact) mass is 256 g/mol. The van der Waals surface area contributed by atoms with Crippen LogP contribution in [0, 0.1) is 6.92 Å². The average Bonchev–Trinajstić information content (AvgIpc) is 2.30. The van der Waals surface area contributed by atoms with Crippen LogP contribution in [0.1, 0.15) is 19.4 Å². The Bertz CT molecular complexity index is 405. The quantitative estimate of drug-likeness (QED) is 0.900. The molecule has 0 bridgehead atoms. The van der Waals surface area contributed by atoms with Crippen molar-refractivity contribution >= 4 is 17.3 Å². The fourth-order valence-electron chi connectivity index (χ4n) is 1.63. The molecule has 1 rings (SSSR count). The van der Waals surface area contributed by atoms with Gasteiger partial charge in [-0.05, 0) is 38.5 Å². The molecular weight excluding hydrogens is 236 g/mol. The van der Waals surface area contributed by atoms with E-state index in [1.54, 1.807) is 7.11 Å². The number of hydrogen-bond acceptors (Lipinski definition) is 3. The van der Waals surface area contributed by atoms with E-state index in [-0.39, 0.29) is 5.54 Å². The highest BCUT2D eigenvalue weighted by Gasteiger charge is 2.23. The van der Waals surface area contributed by atoms with E-state index in [2.05, 4.69) is 18.7 Å². The van der Waals surface area contributed by atoms with Crippen LogP contribution in [0.5, 0.6) is 5.75 Å². The van der Waals surface area contributed by atoms with Crippen molar-refractivity contribution in [3.63, 3.8) is 0 Å². The summed E-state index contributed by atoms with van der Waals surface area (Å²) in [6.07, 6.45) is 0. The van der Waals surface area contributed by atoms with Crippen molar-refractivity contribution in [2.45, 2.75) is 26.3 Å². The highest BCUT2D eigenvalue weighted by atomic mass is 35.5. The van der Waals surface area contributed by atoms with E-state index in [4.69, 9.17) is 22.1 Å². The van der Waals surface area contributed by atoms with Gasteiger partial charge < -0.3 is 15.4 Å². The van der Waals surface area contributed by atoms with Crippen LogP contribution in [0.3, 0.4) is 0 Å². The third-order valence-electron chi connectivity index (χ3n) is 3.24. The van der Waals surface area contributed by atoms with Gasteiger partial charge in [0.2, 0.25) is 0 Å². The van der Waals surface area contributed by atoms with Crippen molar-refractivity contribution < 1.29 is 4.74 Å². The molecule has 0 spiro atoms. The molecule has 0 atom stereocenters. The van der Waals surface area contributed by atoms with Gasteiger partial charge in [0.15, 0.2) is 0 Å². The predicted molar refractivity (Wildman–Crippen MR) is 74.3 cm³/mol. The number of hydrogen-bond donors (Lipinski definition) is 1. The Labute approximate surface area is 109 Å². The Morgan fingerprint density at radius 3 is 2.47 bits per heavy atom. The number of nitrogens with zero attached hydrogens (tertiary/aromatic N) is 1. The lowest BCUT2D eigenvalue weighted by Crippen LogP contribution is -2.47. The van der Waals surface area contributed by atoms with Gasteiger partial charge in [-0.25, -0.2) is 0 Å². The summed E-state index contributed by atoms with van der Waals surface area (Å²) in [5, 5.41) is 0.618. The molecule has 1 aromatic rings. The predicted octanol–water partition coefficient (Wildman–Crippen LogP) is 2.83. The highest BCUT2D eigenvalue weighted by Crippen LogP contribution is 2.34. The van der Waals surface area contributed by atoms with Crippen LogP contribution < -0.4 is 15.4 Å². The van der Waals surface area contributed by atoms with Crippen LogP contribution in [0.25, 0.3) is 0 Å². The van der Waals surface area contributed by atoms with Gasteiger partial charge in [0.25, 0.3) is 0 Å². The number of nitrogens with two attached hydrogens (primary N) is 1.